The van der Waals surface area contributed by atoms with Gasteiger partial charge in [-0.05, 0) is 43.9 Å². The topological polar surface area (TPSA) is 106 Å². The highest BCUT2D eigenvalue weighted by Crippen LogP contribution is 2.40. The van der Waals surface area contributed by atoms with Crippen molar-refractivity contribution < 1.29 is 0 Å². The number of hydrogen-bond donors (Lipinski definition) is 3. The van der Waals surface area contributed by atoms with E-state index < -0.39 is 5.66 Å². The molecule has 7 heteroatoms. The van der Waals surface area contributed by atoms with Crippen molar-refractivity contribution in [3.8, 4) is 0 Å². The van der Waals surface area contributed by atoms with Gasteiger partial charge in [-0.3, -0.25) is 4.90 Å². The molecule has 0 amide bonds. The standard InChI is InChI=1S/C14H19ClN6/c15-10-8-9(4-5-11(10)16)21-13(18)19-12(17)20-14(21)6-2-1-3-7-14/h4-5,8H,1-3,6-7,16H2,(H4,17,18,19,20). The molecule has 3 rings (SSSR count). The summed E-state index contributed by atoms with van der Waals surface area (Å²) >= 11 is 6.14. The minimum absolute atomic E-state index is 0.243. The highest BCUT2D eigenvalue weighted by atomic mass is 35.5. The summed E-state index contributed by atoms with van der Waals surface area (Å²) in [4.78, 5) is 10.7. The van der Waals surface area contributed by atoms with Crippen molar-refractivity contribution in [3.05, 3.63) is 23.2 Å². The summed E-state index contributed by atoms with van der Waals surface area (Å²) in [5.74, 6) is 0.595. The SMILES string of the molecule is NC1=NC2(CCCCC2)N(c2ccc(N)c(Cl)c2)C(N)=N1. The summed E-state index contributed by atoms with van der Waals surface area (Å²) in [6, 6.07) is 5.45. The van der Waals surface area contributed by atoms with Gasteiger partial charge in [-0.2, -0.15) is 4.99 Å². The van der Waals surface area contributed by atoms with Crippen LogP contribution in [-0.2, 0) is 0 Å². The number of aliphatic imine (C=N–C) groups is 2. The molecule has 0 saturated heterocycles. The van der Waals surface area contributed by atoms with Crippen LogP contribution < -0.4 is 22.1 Å². The van der Waals surface area contributed by atoms with Crippen LogP contribution in [0.4, 0.5) is 11.4 Å². The van der Waals surface area contributed by atoms with Crippen molar-refractivity contribution in [1.29, 1.82) is 0 Å². The second kappa shape index (κ2) is 5.11. The van der Waals surface area contributed by atoms with Crippen LogP contribution in [0.1, 0.15) is 32.1 Å². The van der Waals surface area contributed by atoms with Gasteiger partial charge in [-0.15, -0.1) is 0 Å². The molecule has 1 spiro atoms. The molecule has 112 valence electrons. The van der Waals surface area contributed by atoms with Gasteiger partial charge < -0.3 is 17.2 Å². The third kappa shape index (κ3) is 2.40. The fourth-order valence-corrected chi connectivity index (χ4v) is 3.32. The van der Waals surface area contributed by atoms with Crippen LogP contribution >= 0.6 is 11.6 Å². The lowest BCUT2D eigenvalue weighted by Crippen LogP contribution is -2.58. The van der Waals surface area contributed by atoms with E-state index in [0.717, 1.165) is 31.4 Å². The first-order valence-electron chi connectivity index (χ1n) is 7.07. The molecule has 6 N–H and O–H groups in total. The Bertz CT molecular complexity index is 618. The zero-order valence-electron chi connectivity index (χ0n) is 11.7. The molecule has 0 unspecified atom stereocenters. The molecule has 1 aromatic rings. The summed E-state index contributed by atoms with van der Waals surface area (Å²) in [5.41, 5.74) is 18.7. The zero-order chi connectivity index (χ0) is 15.0. The summed E-state index contributed by atoms with van der Waals surface area (Å²) in [6.45, 7) is 0. The smallest absolute Gasteiger partial charge is 0.220 e. The lowest BCUT2D eigenvalue weighted by molar-refractivity contribution is 0.305. The lowest BCUT2D eigenvalue weighted by Gasteiger charge is -2.45. The molecule has 0 aromatic heterocycles. The van der Waals surface area contributed by atoms with Crippen LogP contribution in [0.2, 0.25) is 5.02 Å². The normalized spacial score (nSPS) is 21.1. The molecule has 6 nitrogen and oxygen atoms in total. The average Bonchev–Trinajstić information content (AvgIpc) is 2.42. The number of nitrogen functional groups attached to an aromatic ring is 1. The molecule has 1 aromatic carbocycles. The molecular weight excluding hydrogens is 288 g/mol. The molecule has 0 bridgehead atoms. The molecule has 1 aliphatic carbocycles. The summed E-state index contributed by atoms with van der Waals surface area (Å²) < 4.78 is 0. The first-order valence-corrected chi connectivity index (χ1v) is 7.44. The van der Waals surface area contributed by atoms with E-state index in [1.807, 2.05) is 11.0 Å². The monoisotopic (exact) mass is 306 g/mol. The average molecular weight is 307 g/mol. The number of hydrogen-bond acceptors (Lipinski definition) is 6. The first-order chi connectivity index (χ1) is 10.0. The van der Waals surface area contributed by atoms with Crippen molar-refractivity contribution in [3.63, 3.8) is 0 Å². The van der Waals surface area contributed by atoms with Crippen molar-refractivity contribution in [2.24, 2.45) is 21.5 Å². The van der Waals surface area contributed by atoms with Crippen LogP contribution in [0, 0.1) is 0 Å². The molecule has 1 heterocycles. The van der Waals surface area contributed by atoms with E-state index in [1.165, 1.54) is 6.42 Å². The lowest BCUT2D eigenvalue weighted by atomic mass is 9.87. The van der Waals surface area contributed by atoms with Crippen LogP contribution in [0.15, 0.2) is 28.2 Å². The van der Waals surface area contributed by atoms with E-state index in [1.54, 1.807) is 12.1 Å². The molecule has 0 radical (unpaired) electrons. The molecule has 0 atom stereocenters. The Morgan fingerprint density at radius 2 is 1.81 bits per heavy atom. The summed E-state index contributed by atoms with van der Waals surface area (Å²) in [7, 11) is 0. The predicted octanol–water partition coefficient (Wildman–Crippen LogP) is 2.03. The second-order valence-electron chi connectivity index (χ2n) is 5.52. The first kappa shape index (κ1) is 14.0. The van der Waals surface area contributed by atoms with Crippen molar-refractivity contribution >= 4 is 34.9 Å². The van der Waals surface area contributed by atoms with E-state index in [-0.39, 0.29) is 5.96 Å². The van der Waals surface area contributed by atoms with Gasteiger partial charge in [-0.1, -0.05) is 18.0 Å². The molecular formula is C14H19ClN6. The van der Waals surface area contributed by atoms with E-state index in [0.29, 0.717) is 16.7 Å². The largest absolute Gasteiger partial charge is 0.398 e. The number of guanidine groups is 2. The van der Waals surface area contributed by atoms with Gasteiger partial charge in [-0.25, -0.2) is 4.99 Å². The quantitative estimate of drug-likeness (QED) is 0.690. The van der Waals surface area contributed by atoms with Crippen molar-refractivity contribution in [2.75, 3.05) is 10.6 Å². The van der Waals surface area contributed by atoms with Gasteiger partial charge in [0, 0.05) is 5.69 Å². The zero-order valence-corrected chi connectivity index (χ0v) is 12.5. The predicted molar refractivity (Wildman–Crippen MR) is 87.4 cm³/mol. The van der Waals surface area contributed by atoms with Crippen molar-refractivity contribution in [1.82, 2.24) is 0 Å². The Balaban J connectivity index is 2.08. The van der Waals surface area contributed by atoms with E-state index in [2.05, 4.69) is 9.98 Å². The van der Waals surface area contributed by atoms with Gasteiger partial charge >= 0.3 is 0 Å². The fraction of sp³-hybridized carbons (Fsp3) is 0.429. The molecule has 1 fully saturated rings. The number of nitrogens with zero attached hydrogens (tertiary/aromatic N) is 3. The Labute approximate surface area is 128 Å². The van der Waals surface area contributed by atoms with E-state index in [4.69, 9.17) is 28.8 Å². The molecule has 1 saturated carbocycles. The van der Waals surface area contributed by atoms with Crippen LogP contribution in [0.5, 0.6) is 0 Å². The fourth-order valence-electron chi connectivity index (χ4n) is 3.15. The Morgan fingerprint density at radius 1 is 1.10 bits per heavy atom. The molecule has 21 heavy (non-hydrogen) atoms. The van der Waals surface area contributed by atoms with Gasteiger partial charge in [0.2, 0.25) is 11.9 Å². The Morgan fingerprint density at radius 3 is 2.48 bits per heavy atom. The number of anilines is 2. The minimum atomic E-state index is -0.451. The highest BCUT2D eigenvalue weighted by molar-refractivity contribution is 6.33. The number of benzene rings is 1. The maximum atomic E-state index is 6.14. The van der Waals surface area contributed by atoms with Crippen LogP contribution in [-0.4, -0.2) is 17.6 Å². The molecule has 1 aliphatic heterocycles. The van der Waals surface area contributed by atoms with Crippen molar-refractivity contribution in [2.45, 2.75) is 37.8 Å². The Hall–Kier alpha value is -1.95. The van der Waals surface area contributed by atoms with Crippen LogP contribution in [0.25, 0.3) is 0 Å². The van der Waals surface area contributed by atoms with E-state index >= 15 is 0 Å². The number of halogens is 1. The summed E-state index contributed by atoms with van der Waals surface area (Å²) in [5, 5.41) is 0.494. The van der Waals surface area contributed by atoms with E-state index in [9.17, 15) is 0 Å². The van der Waals surface area contributed by atoms with Crippen LogP contribution in [0.3, 0.4) is 0 Å². The second-order valence-corrected chi connectivity index (χ2v) is 5.93. The third-order valence-electron chi connectivity index (χ3n) is 4.09. The summed E-state index contributed by atoms with van der Waals surface area (Å²) in [6.07, 6.45) is 5.16. The van der Waals surface area contributed by atoms with Gasteiger partial charge in [0.25, 0.3) is 0 Å². The maximum Gasteiger partial charge on any atom is 0.220 e. The number of nitrogens with two attached hydrogens (primary N) is 3. The third-order valence-corrected chi connectivity index (χ3v) is 4.42. The molecule has 2 aliphatic rings. The maximum absolute atomic E-state index is 6.14. The van der Waals surface area contributed by atoms with Gasteiger partial charge in [0.15, 0.2) is 0 Å². The minimum Gasteiger partial charge on any atom is -0.398 e. The highest BCUT2D eigenvalue weighted by Gasteiger charge is 2.42. The number of rotatable bonds is 1. The Kier molecular flexibility index (Phi) is 3.41. The van der Waals surface area contributed by atoms with Gasteiger partial charge in [0.1, 0.15) is 5.66 Å². The van der Waals surface area contributed by atoms with Gasteiger partial charge in [0.05, 0.1) is 10.7 Å².